The summed E-state index contributed by atoms with van der Waals surface area (Å²) in [4.78, 5) is 10.6. The Morgan fingerprint density at radius 3 is 2.20 bits per heavy atom. The average Bonchev–Trinajstić information content (AvgIpc) is 2.50. The van der Waals surface area contributed by atoms with Crippen LogP contribution in [-0.4, -0.2) is 5.78 Å². The number of ketones is 1. The molecule has 0 N–H and O–H groups in total. The van der Waals surface area contributed by atoms with Crippen LogP contribution >= 0.6 is 0 Å². The Balaban J connectivity index is 0. The molecular formula is C19H32O. The minimum atomic E-state index is 0.225. The van der Waals surface area contributed by atoms with Crippen LogP contribution in [0.25, 0.3) is 0 Å². The monoisotopic (exact) mass is 276 g/mol. The van der Waals surface area contributed by atoms with Gasteiger partial charge in [-0.15, -0.1) is 0 Å². The van der Waals surface area contributed by atoms with Gasteiger partial charge in [0.05, 0.1) is 0 Å². The summed E-state index contributed by atoms with van der Waals surface area (Å²) in [6, 6.07) is 8.61. The zero-order chi connectivity index (χ0) is 15.8. The summed E-state index contributed by atoms with van der Waals surface area (Å²) in [6.07, 6.45) is 7.51. The van der Waals surface area contributed by atoms with E-state index >= 15 is 0 Å². The van der Waals surface area contributed by atoms with Crippen molar-refractivity contribution in [3.05, 3.63) is 47.5 Å². The molecule has 0 aliphatic heterocycles. The number of benzene rings is 1. The van der Waals surface area contributed by atoms with Crippen LogP contribution < -0.4 is 0 Å². The van der Waals surface area contributed by atoms with Crippen molar-refractivity contribution in [3.63, 3.8) is 0 Å². The lowest BCUT2D eigenvalue weighted by molar-refractivity contribution is -0.114. The zero-order valence-electron chi connectivity index (χ0n) is 14.2. The van der Waals surface area contributed by atoms with Crippen LogP contribution in [0.4, 0.5) is 0 Å². The van der Waals surface area contributed by atoms with E-state index in [0.717, 1.165) is 19.3 Å². The predicted octanol–water partition coefficient (Wildman–Crippen LogP) is 5.91. The molecule has 0 aliphatic rings. The number of allylic oxidation sites excluding steroid dienone is 2. The molecule has 20 heavy (non-hydrogen) atoms. The molecule has 0 amide bonds. The van der Waals surface area contributed by atoms with E-state index in [1.165, 1.54) is 11.1 Å². The normalized spacial score (nSPS) is 9.30. The first-order valence-electron chi connectivity index (χ1n) is 7.88. The van der Waals surface area contributed by atoms with Crippen LogP contribution in [0.5, 0.6) is 0 Å². The Labute approximate surface area is 126 Å². The molecule has 1 rings (SSSR count). The van der Waals surface area contributed by atoms with E-state index in [4.69, 9.17) is 0 Å². The van der Waals surface area contributed by atoms with Crippen LogP contribution in [0.1, 0.15) is 65.0 Å². The number of hydrogen-bond donors (Lipinski definition) is 0. The molecule has 0 aromatic heterocycles. The highest BCUT2D eigenvalue weighted by molar-refractivity contribution is 5.89. The molecule has 1 heteroatoms. The van der Waals surface area contributed by atoms with E-state index in [2.05, 4.69) is 45.0 Å². The van der Waals surface area contributed by atoms with Crippen LogP contribution in [0.3, 0.4) is 0 Å². The second-order valence-electron chi connectivity index (χ2n) is 4.35. The van der Waals surface area contributed by atoms with E-state index in [1.807, 2.05) is 26.8 Å². The van der Waals surface area contributed by atoms with Gasteiger partial charge in [0.2, 0.25) is 0 Å². The Morgan fingerprint density at radius 1 is 1.15 bits per heavy atom. The van der Waals surface area contributed by atoms with Crippen molar-refractivity contribution in [3.8, 4) is 0 Å². The van der Waals surface area contributed by atoms with Gasteiger partial charge in [0, 0.05) is 6.42 Å². The van der Waals surface area contributed by atoms with Crippen molar-refractivity contribution in [1.29, 1.82) is 0 Å². The summed E-state index contributed by atoms with van der Waals surface area (Å²) in [5.74, 6) is 0.225. The minimum Gasteiger partial charge on any atom is -0.295 e. The number of rotatable bonds is 5. The molecule has 114 valence electrons. The van der Waals surface area contributed by atoms with Gasteiger partial charge in [0.15, 0.2) is 5.78 Å². The molecule has 0 aliphatic carbocycles. The fraction of sp³-hybridized carbons (Fsp3) is 0.526. The summed E-state index contributed by atoms with van der Waals surface area (Å²) in [6.45, 7) is 12.3. The lowest BCUT2D eigenvalue weighted by Gasteiger charge is -1.95. The van der Waals surface area contributed by atoms with Crippen molar-refractivity contribution in [2.75, 3.05) is 0 Å². The summed E-state index contributed by atoms with van der Waals surface area (Å²) < 4.78 is 0. The molecule has 1 aromatic rings. The Morgan fingerprint density at radius 2 is 1.80 bits per heavy atom. The van der Waals surface area contributed by atoms with Crippen molar-refractivity contribution in [1.82, 2.24) is 0 Å². The fourth-order valence-electron chi connectivity index (χ4n) is 1.43. The first-order valence-corrected chi connectivity index (χ1v) is 7.88. The van der Waals surface area contributed by atoms with E-state index in [-0.39, 0.29) is 5.78 Å². The van der Waals surface area contributed by atoms with Gasteiger partial charge in [0.25, 0.3) is 0 Å². The summed E-state index contributed by atoms with van der Waals surface area (Å²) in [5, 5.41) is 0. The number of carbonyl (C=O) groups is 1. The molecule has 0 spiro atoms. The third kappa shape index (κ3) is 13.1. The van der Waals surface area contributed by atoms with Crippen molar-refractivity contribution >= 4 is 5.78 Å². The maximum atomic E-state index is 10.6. The topological polar surface area (TPSA) is 17.1 Å². The smallest absolute Gasteiger partial charge is 0.155 e. The molecule has 0 heterocycles. The Hall–Kier alpha value is -1.37. The molecule has 1 aromatic carbocycles. The number of hydrogen-bond acceptors (Lipinski definition) is 1. The zero-order valence-corrected chi connectivity index (χ0v) is 14.2. The molecule has 0 atom stereocenters. The molecule has 0 unspecified atom stereocenters. The largest absolute Gasteiger partial charge is 0.295 e. The van der Waals surface area contributed by atoms with Gasteiger partial charge in [-0.1, -0.05) is 76.9 Å². The molecule has 0 bridgehead atoms. The van der Waals surface area contributed by atoms with E-state index in [0.29, 0.717) is 6.42 Å². The molecular weight excluding hydrogens is 244 g/mol. The highest BCUT2D eigenvalue weighted by Gasteiger charge is 1.86. The van der Waals surface area contributed by atoms with Gasteiger partial charge in [-0.05, 0) is 31.4 Å². The maximum absolute atomic E-state index is 10.6. The third-order valence-corrected chi connectivity index (χ3v) is 2.60. The van der Waals surface area contributed by atoms with Gasteiger partial charge in [0.1, 0.15) is 0 Å². The van der Waals surface area contributed by atoms with Gasteiger partial charge in [-0.25, -0.2) is 0 Å². The number of unbranched alkanes of at least 4 members (excludes halogenated alkanes) is 1. The summed E-state index contributed by atoms with van der Waals surface area (Å²) in [7, 11) is 0. The van der Waals surface area contributed by atoms with Crippen molar-refractivity contribution in [2.24, 2.45) is 0 Å². The predicted molar refractivity (Wildman–Crippen MR) is 91.3 cm³/mol. The first-order chi connectivity index (χ1) is 9.63. The van der Waals surface area contributed by atoms with Gasteiger partial charge < -0.3 is 0 Å². The minimum absolute atomic E-state index is 0.225. The van der Waals surface area contributed by atoms with E-state index in [9.17, 15) is 4.79 Å². The highest BCUT2D eigenvalue weighted by atomic mass is 16.1. The quantitative estimate of drug-likeness (QED) is 0.611. The summed E-state index contributed by atoms with van der Waals surface area (Å²) in [5.41, 5.74) is 2.78. The second-order valence-corrected chi connectivity index (χ2v) is 4.35. The Bertz CT molecular complexity index is 364. The first kappa shape index (κ1) is 20.9. The van der Waals surface area contributed by atoms with Gasteiger partial charge >= 0.3 is 0 Å². The number of carbonyl (C=O) groups excluding carboxylic acids is 1. The standard InChI is InChI=1S/C9H12.C8H14O.C2H6/c1-3-9-6-4-5-8(2)7-9;1-3-5-6-7-8(9)4-2;1-2/h4-7H,3H2,1-2H3;6-7H,3-5H2,1-2H3;1-2H3. The fourth-order valence-corrected chi connectivity index (χ4v) is 1.43. The van der Waals surface area contributed by atoms with Crippen LogP contribution in [0.15, 0.2) is 36.4 Å². The van der Waals surface area contributed by atoms with E-state index < -0.39 is 0 Å². The molecule has 0 saturated carbocycles. The second kappa shape index (κ2) is 15.7. The molecule has 0 saturated heterocycles. The lowest BCUT2D eigenvalue weighted by Crippen LogP contribution is -1.86. The average molecular weight is 276 g/mol. The molecule has 0 radical (unpaired) electrons. The van der Waals surface area contributed by atoms with Gasteiger partial charge in [-0.2, -0.15) is 0 Å². The summed E-state index contributed by atoms with van der Waals surface area (Å²) >= 11 is 0. The highest BCUT2D eigenvalue weighted by Crippen LogP contribution is 2.03. The van der Waals surface area contributed by atoms with Crippen LogP contribution in [-0.2, 0) is 11.2 Å². The lowest BCUT2D eigenvalue weighted by atomic mass is 10.1. The number of aryl methyl sites for hydroxylation is 2. The maximum Gasteiger partial charge on any atom is 0.155 e. The Kier molecular flexibility index (Phi) is 16.4. The third-order valence-electron chi connectivity index (χ3n) is 2.60. The van der Waals surface area contributed by atoms with Gasteiger partial charge in [-0.3, -0.25) is 4.79 Å². The van der Waals surface area contributed by atoms with E-state index in [1.54, 1.807) is 6.08 Å². The van der Waals surface area contributed by atoms with Crippen LogP contribution in [0.2, 0.25) is 0 Å². The molecule has 0 fully saturated rings. The SMILES string of the molecule is CC.CCCC=CC(=O)CC.CCc1cccc(C)c1. The van der Waals surface area contributed by atoms with Crippen LogP contribution in [0, 0.1) is 6.92 Å². The van der Waals surface area contributed by atoms with Crippen molar-refractivity contribution < 1.29 is 4.79 Å². The van der Waals surface area contributed by atoms with Crippen molar-refractivity contribution in [2.45, 2.75) is 67.2 Å². The molecule has 1 nitrogen and oxygen atoms in total.